The molecule has 0 unspecified atom stereocenters. The van der Waals surface area contributed by atoms with Crippen LogP contribution in [-0.4, -0.2) is 29.5 Å². The molecule has 2 heterocycles. The molecule has 0 atom stereocenters. The summed E-state index contributed by atoms with van der Waals surface area (Å²) < 4.78 is 14.3. The highest BCUT2D eigenvalue weighted by Crippen LogP contribution is 2.31. The molecule has 1 aromatic heterocycles. The van der Waals surface area contributed by atoms with Crippen LogP contribution in [0.1, 0.15) is 25.3 Å². The second-order valence-electron chi connectivity index (χ2n) is 6.82. The smallest absolute Gasteiger partial charge is 0.132 e. The summed E-state index contributed by atoms with van der Waals surface area (Å²) in [6, 6.07) is 6.38. The minimum atomic E-state index is -0.343. The fourth-order valence-electron chi connectivity index (χ4n) is 2.99. The van der Waals surface area contributed by atoms with E-state index < -0.39 is 0 Å². The molecule has 0 fully saturated rings. The van der Waals surface area contributed by atoms with E-state index in [4.69, 9.17) is 17.3 Å². The third-order valence-electron chi connectivity index (χ3n) is 4.47. The molecule has 3 rings (SSSR count). The Labute approximate surface area is 164 Å². The van der Waals surface area contributed by atoms with Crippen LogP contribution >= 0.6 is 11.6 Å². The van der Waals surface area contributed by atoms with Crippen molar-refractivity contribution in [2.45, 2.75) is 19.8 Å². The van der Waals surface area contributed by atoms with Gasteiger partial charge in [0.2, 0.25) is 0 Å². The van der Waals surface area contributed by atoms with E-state index in [1.54, 1.807) is 12.3 Å². The Hall–Kier alpha value is -2.37. The van der Waals surface area contributed by atoms with Gasteiger partial charge >= 0.3 is 0 Å². The van der Waals surface area contributed by atoms with Crippen LogP contribution in [-0.2, 0) is 0 Å². The largest absolute Gasteiger partial charge is 0.372 e. The Bertz CT molecular complexity index is 876. The van der Waals surface area contributed by atoms with Gasteiger partial charge in [-0.2, -0.15) is 0 Å². The topological polar surface area (TPSA) is 54.2 Å². The molecule has 0 saturated carbocycles. The molecule has 142 valence electrons. The molecule has 0 aliphatic carbocycles. The number of anilines is 1. The molecule has 0 bridgehead atoms. The number of hydrogen-bond acceptors (Lipinski definition) is 4. The van der Waals surface area contributed by atoms with Crippen LogP contribution in [0, 0.1) is 5.82 Å². The Morgan fingerprint density at radius 2 is 2.15 bits per heavy atom. The van der Waals surface area contributed by atoms with Gasteiger partial charge in [0.05, 0.1) is 5.69 Å². The van der Waals surface area contributed by atoms with Crippen LogP contribution in [0.5, 0.6) is 0 Å². The van der Waals surface area contributed by atoms with Gasteiger partial charge in [0.25, 0.3) is 0 Å². The maximum Gasteiger partial charge on any atom is 0.132 e. The first-order valence-corrected chi connectivity index (χ1v) is 9.40. The van der Waals surface area contributed by atoms with Crippen molar-refractivity contribution in [1.29, 1.82) is 0 Å². The van der Waals surface area contributed by atoms with Gasteiger partial charge in [-0.15, -0.1) is 0 Å². The van der Waals surface area contributed by atoms with Crippen molar-refractivity contribution in [2.75, 3.05) is 25.0 Å². The lowest BCUT2D eigenvalue weighted by Crippen LogP contribution is -2.27. The quantitative estimate of drug-likeness (QED) is 0.752. The summed E-state index contributed by atoms with van der Waals surface area (Å²) in [5.41, 5.74) is 9.52. The van der Waals surface area contributed by atoms with Crippen LogP contribution in [0.3, 0.4) is 0 Å². The van der Waals surface area contributed by atoms with E-state index in [1.165, 1.54) is 12.1 Å². The highest BCUT2D eigenvalue weighted by Gasteiger charge is 2.14. The molecule has 0 spiro atoms. The first-order valence-electron chi connectivity index (χ1n) is 9.03. The number of hydrogen-bond donors (Lipinski definition) is 2. The van der Waals surface area contributed by atoms with Gasteiger partial charge in [-0.3, -0.25) is 4.98 Å². The number of nitrogens with two attached hydrogens (primary N) is 1. The Morgan fingerprint density at radius 1 is 1.33 bits per heavy atom. The third-order valence-corrected chi connectivity index (χ3v) is 4.70. The van der Waals surface area contributed by atoms with E-state index in [2.05, 4.69) is 35.1 Å². The van der Waals surface area contributed by atoms with Crippen molar-refractivity contribution in [1.82, 2.24) is 9.88 Å². The molecule has 27 heavy (non-hydrogen) atoms. The molecule has 2 aromatic rings. The highest BCUT2D eigenvalue weighted by atomic mass is 35.5. The number of benzene rings is 1. The Kier molecular flexibility index (Phi) is 6.14. The second kappa shape index (κ2) is 8.55. The molecule has 1 aromatic carbocycles. The lowest BCUT2D eigenvalue weighted by Gasteiger charge is -2.23. The van der Waals surface area contributed by atoms with Crippen molar-refractivity contribution in [3.8, 4) is 11.3 Å². The lowest BCUT2D eigenvalue weighted by molar-refractivity contribution is 0.421. The number of nitrogens with zero attached hydrogens (tertiary/aromatic N) is 2. The summed E-state index contributed by atoms with van der Waals surface area (Å²) in [5, 5.41) is 3.94. The van der Waals surface area contributed by atoms with Crippen LogP contribution in [0.2, 0.25) is 5.02 Å². The SMILES string of the molecule is CC(C)c1cnc(-c2cc(Cl)ccc2F)cc1NC1=CCN(CCN)C=C1. The second-order valence-corrected chi connectivity index (χ2v) is 7.26. The zero-order valence-corrected chi connectivity index (χ0v) is 16.3. The van der Waals surface area contributed by atoms with E-state index in [0.29, 0.717) is 22.8 Å². The standard InChI is InChI=1S/C21H24ClFN4/c1-14(2)18-13-25-20(17-11-15(22)3-4-19(17)23)12-21(18)26-16-5-8-27(9-6-16)10-7-24/h3-6,8,11-14H,7,9-10,24H2,1-2H3,(H,25,26). The zero-order chi connectivity index (χ0) is 19.4. The van der Waals surface area contributed by atoms with Crippen LogP contribution in [0.4, 0.5) is 10.1 Å². The summed E-state index contributed by atoms with van der Waals surface area (Å²) in [5.74, 6) is -0.0653. The molecular formula is C21H24ClFN4. The summed E-state index contributed by atoms with van der Waals surface area (Å²) in [4.78, 5) is 6.61. The Morgan fingerprint density at radius 3 is 2.81 bits per heavy atom. The zero-order valence-electron chi connectivity index (χ0n) is 15.5. The minimum Gasteiger partial charge on any atom is -0.372 e. The first-order chi connectivity index (χ1) is 13.0. The third kappa shape index (κ3) is 4.67. The average molecular weight is 387 g/mol. The molecule has 3 N–H and O–H groups in total. The lowest BCUT2D eigenvalue weighted by atomic mass is 10.0. The average Bonchev–Trinajstić information content (AvgIpc) is 2.65. The summed E-state index contributed by atoms with van der Waals surface area (Å²) in [7, 11) is 0. The predicted molar refractivity (Wildman–Crippen MR) is 110 cm³/mol. The molecule has 0 saturated heterocycles. The van der Waals surface area contributed by atoms with Gasteiger partial charge in [0, 0.05) is 54.0 Å². The van der Waals surface area contributed by atoms with Crippen molar-refractivity contribution in [3.05, 3.63) is 70.9 Å². The molecule has 0 amide bonds. The fourth-order valence-corrected chi connectivity index (χ4v) is 3.16. The maximum atomic E-state index is 14.3. The van der Waals surface area contributed by atoms with E-state index in [-0.39, 0.29) is 11.7 Å². The van der Waals surface area contributed by atoms with Crippen molar-refractivity contribution in [3.63, 3.8) is 0 Å². The van der Waals surface area contributed by atoms with Gasteiger partial charge < -0.3 is 16.0 Å². The van der Waals surface area contributed by atoms with Crippen molar-refractivity contribution < 1.29 is 4.39 Å². The molecule has 6 heteroatoms. The Balaban J connectivity index is 1.92. The maximum absolute atomic E-state index is 14.3. The van der Waals surface area contributed by atoms with Crippen molar-refractivity contribution >= 4 is 17.3 Å². The molecule has 0 radical (unpaired) electrons. The van der Waals surface area contributed by atoms with Gasteiger partial charge in [-0.05, 0) is 47.9 Å². The number of halogens is 2. The molecular weight excluding hydrogens is 363 g/mol. The number of nitrogens with one attached hydrogen (secondary N) is 1. The van der Waals surface area contributed by atoms with Crippen molar-refractivity contribution in [2.24, 2.45) is 5.73 Å². The monoisotopic (exact) mass is 386 g/mol. The molecule has 4 nitrogen and oxygen atoms in total. The van der Waals surface area contributed by atoms with E-state index in [1.807, 2.05) is 18.3 Å². The molecule has 1 aliphatic heterocycles. The summed E-state index contributed by atoms with van der Waals surface area (Å²) in [6.07, 6.45) is 7.96. The predicted octanol–water partition coefficient (Wildman–Crippen LogP) is 4.75. The summed E-state index contributed by atoms with van der Waals surface area (Å²) in [6.45, 7) is 6.46. The van der Waals surface area contributed by atoms with E-state index in [0.717, 1.165) is 30.0 Å². The van der Waals surface area contributed by atoms with Gasteiger partial charge in [-0.25, -0.2) is 4.39 Å². The van der Waals surface area contributed by atoms with Crippen LogP contribution < -0.4 is 11.1 Å². The van der Waals surface area contributed by atoms with Crippen LogP contribution in [0.15, 0.2) is 54.5 Å². The fraction of sp³-hybridized carbons (Fsp3) is 0.286. The van der Waals surface area contributed by atoms with Crippen LogP contribution in [0.25, 0.3) is 11.3 Å². The van der Waals surface area contributed by atoms with Gasteiger partial charge in [-0.1, -0.05) is 25.4 Å². The van der Waals surface area contributed by atoms with E-state index in [9.17, 15) is 4.39 Å². The number of pyridine rings is 1. The number of rotatable bonds is 6. The highest BCUT2D eigenvalue weighted by molar-refractivity contribution is 6.30. The molecule has 1 aliphatic rings. The first kappa shape index (κ1) is 19.4. The van der Waals surface area contributed by atoms with Gasteiger partial charge in [0.15, 0.2) is 0 Å². The summed E-state index contributed by atoms with van der Waals surface area (Å²) >= 11 is 6.04. The number of allylic oxidation sites excluding steroid dienone is 1. The normalized spacial score (nSPS) is 13.9. The minimum absolute atomic E-state index is 0.278. The number of aromatic nitrogens is 1. The van der Waals surface area contributed by atoms with E-state index >= 15 is 0 Å². The van der Waals surface area contributed by atoms with Gasteiger partial charge in [0.1, 0.15) is 5.82 Å².